The van der Waals surface area contributed by atoms with Gasteiger partial charge in [-0.25, -0.2) is 18.4 Å². The molecule has 0 heterocycles. The van der Waals surface area contributed by atoms with Crippen LogP contribution in [0.4, 0.5) is 0 Å². The molecule has 0 spiro atoms. The number of benzene rings is 1. The molecule has 1 aromatic carbocycles. The summed E-state index contributed by atoms with van der Waals surface area (Å²) in [6, 6.07) is 4.28. The lowest BCUT2D eigenvalue weighted by molar-refractivity contribution is -0.131. The molecule has 21 heavy (non-hydrogen) atoms. The fraction of sp³-hybridized carbons (Fsp3) is 0.167. The lowest BCUT2D eigenvalue weighted by Gasteiger charge is -2.06. The number of carboxylic acid groups (broad SMARTS) is 1. The van der Waals surface area contributed by atoms with Gasteiger partial charge in [0.05, 0.1) is 5.75 Å². The average molecular weight is 333 g/mol. The van der Waals surface area contributed by atoms with Gasteiger partial charge in [-0.05, 0) is 23.8 Å². The quantitative estimate of drug-likeness (QED) is 0.652. The second kappa shape index (κ2) is 7.21. The van der Waals surface area contributed by atoms with Crippen LogP contribution < -0.4 is 10.5 Å². The maximum absolute atomic E-state index is 11.7. The molecule has 4 N–H and O–H groups in total. The first kappa shape index (κ1) is 17.2. The summed E-state index contributed by atoms with van der Waals surface area (Å²) in [5.74, 6) is -1.99. The van der Waals surface area contributed by atoms with Crippen LogP contribution in [-0.4, -0.2) is 37.7 Å². The minimum Gasteiger partial charge on any atom is -0.478 e. The number of carbonyl (C=O) groups is 2. The Kier molecular flexibility index (Phi) is 5.89. The monoisotopic (exact) mass is 332 g/mol. The maximum Gasteiger partial charge on any atom is 0.328 e. The number of nitrogens with one attached hydrogen (secondary N) is 1. The summed E-state index contributed by atoms with van der Waals surface area (Å²) < 4.78 is 21.4. The number of sulfonamides is 1. The number of aliphatic carboxylic acids is 1. The van der Waals surface area contributed by atoms with E-state index in [1.165, 1.54) is 24.3 Å². The third-order valence-electron chi connectivity index (χ3n) is 2.34. The number of amides is 1. The molecule has 1 amide bonds. The van der Waals surface area contributed by atoms with Gasteiger partial charge in [0.1, 0.15) is 0 Å². The van der Waals surface area contributed by atoms with E-state index in [1.54, 1.807) is 0 Å². The predicted octanol–water partition coefficient (Wildman–Crippen LogP) is 0.456. The highest BCUT2D eigenvalue weighted by Gasteiger charge is 2.09. The average Bonchev–Trinajstić information content (AvgIpc) is 2.35. The SMILES string of the molecule is NS(=O)(=O)CCNC(=O)c1ccc(/C=C/C(=O)O)c(Cl)c1. The molecule has 0 aliphatic carbocycles. The Morgan fingerprint density at radius 3 is 2.57 bits per heavy atom. The number of halogens is 1. The summed E-state index contributed by atoms with van der Waals surface area (Å²) in [5.41, 5.74) is 0.669. The molecule has 0 unspecified atom stereocenters. The standard InChI is InChI=1S/C12H13ClN2O5S/c13-10-7-9(2-1-8(10)3-4-11(16)17)12(18)15-5-6-21(14,19)20/h1-4,7H,5-6H2,(H,15,18)(H,16,17)(H2,14,19,20)/b4-3+. The van der Waals surface area contributed by atoms with Crippen molar-refractivity contribution in [3.05, 3.63) is 40.4 Å². The molecule has 114 valence electrons. The molecule has 0 atom stereocenters. The van der Waals surface area contributed by atoms with E-state index >= 15 is 0 Å². The Hall–Kier alpha value is -1.90. The van der Waals surface area contributed by atoms with Crippen LogP contribution in [0, 0.1) is 0 Å². The van der Waals surface area contributed by atoms with Crippen LogP contribution in [0.15, 0.2) is 24.3 Å². The van der Waals surface area contributed by atoms with E-state index in [4.69, 9.17) is 21.8 Å². The Morgan fingerprint density at radius 2 is 2.05 bits per heavy atom. The van der Waals surface area contributed by atoms with E-state index in [-0.39, 0.29) is 22.9 Å². The third kappa shape index (κ3) is 6.39. The minimum atomic E-state index is -3.64. The summed E-state index contributed by atoms with van der Waals surface area (Å²) in [4.78, 5) is 22.1. The van der Waals surface area contributed by atoms with Crippen molar-refractivity contribution in [3.63, 3.8) is 0 Å². The van der Waals surface area contributed by atoms with E-state index in [0.717, 1.165) is 6.08 Å². The normalized spacial score (nSPS) is 11.5. The van der Waals surface area contributed by atoms with Crippen molar-refractivity contribution in [2.75, 3.05) is 12.3 Å². The van der Waals surface area contributed by atoms with E-state index in [0.29, 0.717) is 5.56 Å². The predicted molar refractivity (Wildman–Crippen MR) is 78.4 cm³/mol. The minimum absolute atomic E-state index is 0.115. The number of rotatable bonds is 6. The van der Waals surface area contributed by atoms with E-state index in [2.05, 4.69) is 5.32 Å². The van der Waals surface area contributed by atoms with Crippen molar-refractivity contribution in [2.24, 2.45) is 5.14 Å². The van der Waals surface area contributed by atoms with Crippen molar-refractivity contribution in [2.45, 2.75) is 0 Å². The summed E-state index contributed by atoms with van der Waals surface area (Å²) in [7, 11) is -3.64. The van der Waals surface area contributed by atoms with Gasteiger partial charge in [-0.2, -0.15) is 0 Å². The summed E-state index contributed by atoms with van der Waals surface area (Å²) in [6.07, 6.45) is 2.22. The lowest BCUT2D eigenvalue weighted by atomic mass is 10.1. The summed E-state index contributed by atoms with van der Waals surface area (Å²) >= 11 is 5.92. The van der Waals surface area contributed by atoms with Gasteiger partial charge in [0.15, 0.2) is 0 Å². The number of hydrogen-bond acceptors (Lipinski definition) is 4. The highest BCUT2D eigenvalue weighted by atomic mass is 35.5. The maximum atomic E-state index is 11.7. The van der Waals surface area contributed by atoms with E-state index < -0.39 is 21.9 Å². The first-order valence-corrected chi connectivity index (χ1v) is 7.77. The second-order valence-corrected chi connectivity index (χ2v) is 6.17. The zero-order chi connectivity index (χ0) is 16.0. The largest absolute Gasteiger partial charge is 0.478 e. The molecule has 0 aliphatic rings. The molecule has 1 aromatic rings. The molecule has 7 nitrogen and oxygen atoms in total. The molecule has 0 saturated carbocycles. The smallest absolute Gasteiger partial charge is 0.328 e. The van der Waals surface area contributed by atoms with Crippen LogP contribution in [0.25, 0.3) is 6.08 Å². The number of primary sulfonamides is 1. The highest BCUT2D eigenvalue weighted by Crippen LogP contribution is 2.19. The van der Waals surface area contributed by atoms with E-state index in [9.17, 15) is 18.0 Å². The van der Waals surface area contributed by atoms with Crippen LogP contribution in [0.1, 0.15) is 15.9 Å². The molecular formula is C12H13ClN2O5S. The highest BCUT2D eigenvalue weighted by molar-refractivity contribution is 7.89. The Morgan fingerprint density at radius 1 is 1.38 bits per heavy atom. The van der Waals surface area contributed by atoms with Gasteiger partial charge in [-0.3, -0.25) is 4.79 Å². The number of hydrogen-bond donors (Lipinski definition) is 3. The van der Waals surface area contributed by atoms with Crippen LogP contribution in [-0.2, 0) is 14.8 Å². The Balaban J connectivity index is 2.74. The second-order valence-electron chi connectivity index (χ2n) is 4.03. The fourth-order valence-electron chi connectivity index (χ4n) is 1.37. The van der Waals surface area contributed by atoms with Crippen LogP contribution >= 0.6 is 11.6 Å². The van der Waals surface area contributed by atoms with Crippen molar-refractivity contribution >= 4 is 39.6 Å². The van der Waals surface area contributed by atoms with Crippen LogP contribution in [0.5, 0.6) is 0 Å². The van der Waals surface area contributed by atoms with E-state index in [1.807, 2.05) is 0 Å². The topological polar surface area (TPSA) is 127 Å². The zero-order valence-electron chi connectivity index (χ0n) is 10.7. The number of carbonyl (C=O) groups excluding carboxylic acids is 1. The van der Waals surface area contributed by atoms with Crippen LogP contribution in [0.2, 0.25) is 5.02 Å². The van der Waals surface area contributed by atoms with Gasteiger partial charge in [0, 0.05) is 23.2 Å². The zero-order valence-corrected chi connectivity index (χ0v) is 12.3. The van der Waals surface area contributed by atoms with Crippen molar-refractivity contribution in [1.82, 2.24) is 5.32 Å². The van der Waals surface area contributed by atoms with Gasteiger partial charge in [-0.1, -0.05) is 17.7 Å². The Bertz CT molecular complexity index is 685. The Labute approximate surface area is 126 Å². The van der Waals surface area contributed by atoms with Crippen molar-refractivity contribution < 1.29 is 23.1 Å². The molecule has 0 aromatic heterocycles. The third-order valence-corrected chi connectivity index (χ3v) is 3.44. The summed E-state index contributed by atoms with van der Waals surface area (Å²) in [6.45, 7) is -0.115. The first-order valence-electron chi connectivity index (χ1n) is 5.68. The molecule has 0 bridgehead atoms. The van der Waals surface area contributed by atoms with Crippen molar-refractivity contribution in [1.29, 1.82) is 0 Å². The number of nitrogens with two attached hydrogens (primary N) is 1. The molecule has 0 fully saturated rings. The molecule has 1 rings (SSSR count). The van der Waals surface area contributed by atoms with Gasteiger partial charge >= 0.3 is 5.97 Å². The van der Waals surface area contributed by atoms with Gasteiger partial charge in [0.2, 0.25) is 10.0 Å². The first-order chi connectivity index (χ1) is 9.69. The number of carboxylic acids is 1. The van der Waals surface area contributed by atoms with Crippen molar-refractivity contribution in [3.8, 4) is 0 Å². The molecule has 0 saturated heterocycles. The van der Waals surface area contributed by atoms with Gasteiger partial charge < -0.3 is 10.4 Å². The van der Waals surface area contributed by atoms with Gasteiger partial charge in [0.25, 0.3) is 5.91 Å². The molecule has 0 aliphatic heterocycles. The van der Waals surface area contributed by atoms with Gasteiger partial charge in [-0.15, -0.1) is 0 Å². The molecular weight excluding hydrogens is 320 g/mol. The molecule has 0 radical (unpaired) electrons. The van der Waals surface area contributed by atoms with Crippen LogP contribution in [0.3, 0.4) is 0 Å². The lowest BCUT2D eigenvalue weighted by Crippen LogP contribution is -2.31. The molecule has 9 heteroatoms. The summed E-state index contributed by atoms with van der Waals surface area (Å²) in [5, 5.41) is 15.9. The fourth-order valence-corrected chi connectivity index (χ4v) is 2.00.